The Bertz CT molecular complexity index is 759. The van der Waals surface area contributed by atoms with Crippen molar-refractivity contribution in [1.29, 1.82) is 0 Å². The molecule has 0 saturated heterocycles. The summed E-state index contributed by atoms with van der Waals surface area (Å²) in [5.41, 5.74) is 1.53. The number of esters is 1. The lowest BCUT2D eigenvalue weighted by Crippen LogP contribution is -2.04. The molecule has 0 aliphatic carbocycles. The lowest BCUT2D eigenvalue weighted by molar-refractivity contribution is -0.139. The van der Waals surface area contributed by atoms with E-state index in [0.717, 1.165) is 5.56 Å². The molecule has 0 fully saturated rings. The van der Waals surface area contributed by atoms with Gasteiger partial charge in [0.2, 0.25) is 5.76 Å². The normalized spacial score (nSPS) is 10.5. The maximum Gasteiger partial charge on any atom is 0.309 e. The van der Waals surface area contributed by atoms with Crippen molar-refractivity contribution in [3.63, 3.8) is 0 Å². The summed E-state index contributed by atoms with van der Waals surface area (Å²) < 4.78 is 20.7. The van der Waals surface area contributed by atoms with Crippen LogP contribution < -0.4 is 4.74 Å². The Hall–Kier alpha value is -3.02. The zero-order valence-electron chi connectivity index (χ0n) is 12.5. The van der Waals surface area contributed by atoms with Gasteiger partial charge >= 0.3 is 5.97 Å². The Morgan fingerprint density at radius 3 is 2.70 bits per heavy atom. The van der Waals surface area contributed by atoms with Crippen molar-refractivity contribution in [3.8, 4) is 17.3 Å². The Balaban J connectivity index is 1.57. The summed E-state index contributed by atoms with van der Waals surface area (Å²) in [6.07, 6.45) is 1.82. The van der Waals surface area contributed by atoms with Crippen LogP contribution in [0.15, 0.2) is 57.7 Å². The van der Waals surface area contributed by atoms with Crippen molar-refractivity contribution in [3.05, 3.63) is 60.0 Å². The molecule has 0 atom stereocenters. The average molecular weight is 313 g/mol. The third-order valence-electron chi connectivity index (χ3n) is 3.21. The first-order valence-corrected chi connectivity index (χ1v) is 7.02. The molecule has 3 aromatic rings. The van der Waals surface area contributed by atoms with E-state index in [4.69, 9.17) is 13.7 Å². The van der Waals surface area contributed by atoms with Gasteiger partial charge in [-0.25, -0.2) is 0 Å². The van der Waals surface area contributed by atoms with Gasteiger partial charge in [-0.05, 0) is 29.8 Å². The van der Waals surface area contributed by atoms with Crippen molar-refractivity contribution in [2.24, 2.45) is 0 Å². The van der Waals surface area contributed by atoms with Crippen molar-refractivity contribution in [1.82, 2.24) is 5.16 Å². The Morgan fingerprint density at radius 1 is 1.17 bits per heavy atom. The molecule has 2 aromatic heterocycles. The molecule has 23 heavy (non-hydrogen) atoms. The highest BCUT2D eigenvalue weighted by molar-refractivity contribution is 5.72. The second-order valence-corrected chi connectivity index (χ2v) is 4.85. The predicted octanol–water partition coefficient (Wildman–Crippen LogP) is 3.23. The van der Waals surface area contributed by atoms with Gasteiger partial charge in [-0.3, -0.25) is 4.79 Å². The molecule has 6 heteroatoms. The summed E-state index contributed by atoms with van der Waals surface area (Å²) in [4.78, 5) is 11.2. The van der Waals surface area contributed by atoms with Crippen LogP contribution in [0.4, 0.5) is 0 Å². The van der Waals surface area contributed by atoms with Crippen LogP contribution in [-0.4, -0.2) is 18.2 Å². The number of rotatable bonds is 6. The van der Waals surface area contributed by atoms with Crippen molar-refractivity contribution in [2.45, 2.75) is 13.0 Å². The number of ether oxygens (including phenoxy) is 2. The number of benzene rings is 1. The fourth-order valence-corrected chi connectivity index (χ4v) is 2.01. The Kier molecular flexibility index (Phi) is 4.42. The third-order valence-corrected chi connectivity index (χ3v) is 3.21. The van der Waals surface area contributed by atoms with E-state index >= 15 is 0 Å². The predicted molar refractivity (Wildman–Crippen MR) is 80.7 cm³/mol. The number of methoxy groups -OCH3 is 1. The minimum Gasteiger partial charge on any atom is -0.487 e. The van der Waals surface area contributed by atoms with E-state index in [1.54, 1.807) is 36.6 Å². The molecule has 0 N–H and O–H groups in total. The highest BCUT2D eigenvalue weighted by Crippen LogP contribution is 2.21. The Morgan fingerprint density at radius 2 is 2.00 bits per heavy atom. The molecule has 0 radical (unpaired) electrons. The van der Waals surface area contributed by atoms with E-state index in [0.29, 0.717) is 23.0 Å². The van der Waals surface area contributed by atoms with Gasteiger partial charge in [0.1, 0.15) is 18.1 Å². The van der Waals surface area contributed by atoms with Crippen LogP contribution in [0.2, 0.25) is 0 Å². The number of carbonyl (C=O) groups is 1. The van der Waals surface area contributed by atoms with E-state index in [1.165, 1.54) is 7.11 Å². The summed E-state index contributed by atoms with van der Waals surface area (Å²) in [7, 11) is 1.37. The molecule has 2 heterocycles. The van der Waals surface area contributed by atoms with Crippen molar-refractivity contribution >= 4 is 5.97 Å². The van der Waals surface area contributed by atoms with Crippen LogP contribution in [0, 0.1) is 0 Å². The molecule has 0 saturated carbocycles. The van der Waals surface area contributed by atoms with E-state index in [2.05, 4.69) is 9.89 Å². The van der Waals surface area contributed by atoms with Gasteiger partial charge in [-0.15, -0.1) is 0 Å². The van der Waals surface area contributed by atoms with Crippen molar-refractivity contribution < 1.29 is 23.2 Å². The van der Waals surface area contributed by atoms with Gasteiger partial charge in [0, 0.05) is 6.07 Å². The second kappa shape index (κ2) is 6.83. The summed E-state index contributed by atoms with van der Waals surface area (Å²) in [5.74, 6) is 1.59. The minimum atomic E-state index is -0.272. The second-order valence-electron chi connectivity index (χ2n) is 4.85. The van der Waals surface area contributed by atoms with Gasteiger partial charge < -0.3 is 18.4 Å². The summed E-state index contributed by atoms with van der Waals surface area (Å²) in [5, 5.41) is 3.93. The molecule has 0 unspecified atom stereocenters. The molecule has 0 aliphatic rings. The van der Waals surface area contributed by atoms with Gasteiger partial charge in [0.15, 0.2) is 5.76 Å². The minimum absolute atomic E-state index is 0.243. The van der Waals surface area contributed by atoms with Gasteiger partial charge in [-0.2, -0.15) is 0 Å². The SMILES string of the molecule is COC(=O)Cc1ccc(OCc2cc(-c3ccco3)on2)cc1. The molecule has 118 valence electrons. The number of hydrogen-bond donors (Lipinski definition) is 0. The molecule has 0 spiro atoms. The highest BCUT2D eigenvalue weighted by Gasteiger charge is 2.09. The van der Waals surface area contributed by atoms with E-state index in [9.17, 15) is 4.79 Å². The maximum atomic E-state index is 11.2. The lowest BCUT2D eigenvalue weighted by Gasteiger charge is -2.05. The molecule has 0 bridgehead atoms. The number of nitrogens with zero attached hydrogens (tertiary/aromatic N) is 1. The van der Waals surface area contributed by atoms with E-state index in [-0.39, 0.29) is 19.0 Å². The largest absolute Gasteiger partial charge is 0.487 e. The molecule has 1 aromatic carbocycles. The quantitative estimate of drug-likeness (QED) is 0.650. The first kappa shape index (κ1) is 14.9. The number of hydrogen-bond acceptors (Lipinski definition) is 6. The zero-order chi connectivity index (χ0) is 16.1. The van der Waals surface area contributed by atoms with Crippen LogP contribution in [0.1, 0.15) is 11.3 Å². The fraction of sp³-hybridized carbons (Fsp3) is 0.176. The molecule has 0 aliphatic heterocycles. The van der Waals surface area contributed by atoms with Gasteiger partial charge in [0.05, 0.1) is 19.8 Å². The molecule has 3 rings (SSSR count). The first-order valence-electron chi connectivity index (χ1n) is 7.02. The standard InChI is InChI=1S/C17H15NO5/c1-20-17(19)9-12-4-6-14(7-5-12)22-11-13-10-16(23-18-13)15-3-2-8-21-15/h2-8,10H,9,11H2,1H3. The molecule has 6 nitrogen and oxygen atoms in total. The number of carbonyl (C=O) groups excluding carboxylic acids is 1. The fourth-order valence-electron chi connectivity index (χ4n) is 2.01. The average Bonchev–Trinajstić information content (AvgIpc) is 3.25. The van der Waals surface area contributed by atoms with Crippen LogP contribution in [-0.2, 0) is 22.6 Å². The zero-order valence-corrected chi connectivity index (χ0v) is 12.5. The van der Waals surface area contributed by atoms with Gasteiger partial charge in [-0.1, -0.05) is 17.3 Å². The van der Waals surface area contributed by atoms with E-state index in [1.807, 2.05) is 12.1 Å². The Labute approximate surface area is 132 Å². The van der Waals surface area contributed by atoms with Crippen LogP contribution in [0.3, 0.4) is 0 Å². The third kappa shape index (κ3) is 3.79. The van der Waals surface area contributed by atoms with Crippen molar-refractivity contribution in [2.75, 3.05) is 7.11 Å². The monoisotopic (exact) mass is 313 g/mol. The maximum absolute atomic E-state index is 11.2. The summed E-state index contributed by atoms with van der Waals surface area (Å²) >= 11 is 0. The topological polar surface area (TPSA) is 74.7 Å². The molecular weight excluding hydrogens is 298 g/mol. The molecule has 0 amide bonds. The lowest BCUT2D eigenvalue weighted by atomic mass is 10.1. The van der Waals surface area contributed by atoms with Crippen LogP contribution in [0.25, 0.3) is 11.5 Å². The smallest absolute Gasteiger partial charge is 0.309 e. The van der Waals surface area contributed by atoms with Gasteiger partial charge in [0.25, 0.3) is 0 Å². The summed E-state index contributed by atoms with van der Waals surface area (Å²) in [6.45, 7) is 0.278. The van der Waals surface area contributed by atoms with E-state index < -0.39 is 0 Å². The highest BCUT2D eigenvalue weighted by atomic mass is 16.5. The summed E-state index contributed by atoms with van der Waals surface area (Å²) in [6, 6.07) is 12.6. The first-order chi connectivity index (χ1) is 11.2. The molecular formula is C17H15NO5. The van der Waals surface area contributed by atoms with Crippen LogP contribution >= 0.6 is 0 Å². The van der Waals surface area contributed by atoms with Crippen LogP contribution in [0.5, 0.6) is 5.75 Å². The number of furan rings is 1. The number of aromatic nitrogens is 1.